The van der Waals surface area contributed by atoms with Crippen molar-refractivity contribution < 1.29 is 27.8 Å². The van der Waals surface area contributed by atoms with E-state index in [4.69, 9.17) is 0 Å². The molecule has 0 rings (SSSR count). The van der Waals surface area contributed by atoms with E-state index in [1.807, 2.05) is 0 Å². The van der Waals surface area contributed by atoms with Crippen molar-refractivity contribution in [2.75, 3.05) is 13.2 Å². The Bertz CT molecular complexity index is 269. The molecule has 6 heteroatoms. The van der Waals surface area contributed by atoms with Crippen molar-refractivity contribution in [1.29, 1.82) is 0 Å². The van der Waals surface area contributed by atoms with Crippen molar-refractivity contribution >= 4 is 11.9 Å². The van der Waals surface area contributed by atoms with Crippen LogP contribution in [0.25, 0.3) is 0 Å². The van der Waals surface area contributed by atoms with E-state index in [2.05, 4.69) is 22.6 Å². The van der Waals surface area contributed by atoms with Crippen LogP contribution in [0.5, 0.6) is 0 Å². The third-order valence-electron chi connectivity index (χ3n) is 1.38. The largest absolute Gasteiger partial charge is 0.457 e. The van der Waals surface area contributed by atoms with Gasteiger partial charge in [-0.3, -0.25) is 0 Å². The molecule has 0 aromatic carbocycles. The number of hydrogen-bond acceptors (Lipinski definition) is 4. The molecule has 4 nitrogen and oxygen atoms in total. The summed E-state index contributed by atoms with van der Waals surface area (Å²) < 4.78 is 32.9. The zero-order chi connectivity index (χ0) is 12.6. The van der Waals surface area contributed by atoms with Crippen LogP contribution in [-0.2, 0) is 19.1 Å². The minimum absolute atomic E-state index is 0.180. The molecule has 0 aromatic rings. The van der Waals surface area contributed by atoms with E-state index in [0.29, 0.717) is 0 Å². The zero-order valence-electron chi connectivity index (χ0n) is 8.63. The Morgan fingerprint density at radius 2 is 1.19 bits per heavy atom. The molecule has 0 fully saturated rings. The summed E-state index contributed by atoms with van der Waals surface area (Å²) in [5, 5.41) is 0. The van der Waals surface area contributed by atoms with Gasteiger partial charge < -0.3 is 9.47 Å². The van der Waals surface area contributed by atoms with Crippen LogP contribution >= 0.6 is 0 Å². The summed E-state index contributed by atoms with van der Waals surface area (Å²) in [7, 11) is 0. The summed E-state index contributed by atoms with van der Waals surface area (Å²) in [5.41, 5.74) is 0. The van der Waals surface area contributed by atoms with Gasteiger partial charge >= 0.3 is 11.9 Å². The number of carbonyl (C=O) groups excluding carboxylic acids is 2. The van der Waals surface area contributed by atoms with Gasteiger partial charge in [0, 0.05) is 12.8 Å². The molecule has 0 aromatic heterocycles. The lowest BCUT2D eigenvalue weighted by molar-refractivity contribution is -0.167. The van der Waals surface area contributed by atoms with Crippen LogP contribution in [0.2, 0.25) is 0 Å². The molecule has 0 saturated carbocycles. The third kappa shape index (κ3) is 7.66. The summed E-state index contributed by atoms with van der Waals surface area (Å²) in [5.74, 6) is -3.80. The lowest BCUT2D eigenvalue weighted by atomic mass is 10.4. The molecule has 0 spiro atoms. The fourth-order valence-electron chi connectivity index (χ4n) is 0.627. The highest BCUT2D eigenvalue weighted by atomic mass is 19.1. The van der Waals surface area contributed by atoms with Gasteiger partial charge in [-0.05, 0) is 0 Å². The SMILES string of the molecule is C=C(F)CCOC(=O)C(=O)OCCC(=C)F. The van der Waals surface area contributed by atoms with E-state index in [-0.39, 0.29) is 26.1 Å². The van der Waals surface area contributed by atoms with Crippen LogP contribution in [0.1, 0.15) is 12.8 Å². The van der Waals surface area contributed by atoms with E-state index >= 15 is 0 Å². The first-order valence-corrected chi connectivity index (χ1v) is 4.44. The van der Waals surface area contributed by atoms with Crippen molar-refractivity contribution in [2.24, 2.45) is 0 Å². The summed E-state index contributed by atoms with van der Waals surface area (Å²) >= 11 is 0. The van der Waals surface area contributed by atoms with Gasteiger partial charge in [0.1, 0.15) is 0 Å². The minimum atomic E-state index is -1.24. The maximum absolute atomic E-state index is 12.1. The van der Waals surface area contributed by atoms with Crippen LogP contribution in [-0.4, -0.2) is 25.2 Å². The zero-order valence-corrected chi connectivity index (χ0v) is 8.63. The fraction of sp³-hybridized carbons (Fsp3) is 0.400. The Kier molecular flexibility index (Phi) is 6.74. The predicted octanol–water partition coefficient (Wildman–Crippen LogP) is 1.82. The highest BCUT2D eigenvalue weighted by molar-refractivity contribution is 6.29. The number of rotatable bonds is 6. The van der Waals surface area contributed by atoms with Crippen molar-refractivity contribution in [1.82, 2.24) is 0 Å². The molecule has 0 unspecified atom stereocenters. The van der Waals surface area contributed by atoms with Crippen LogP contribution < -0.4 is 0 Å². The third-order valence-corrected chi connectivity index (χ3v) is 1.38. The maximum Gasteiger partial charge on any atom is 0.417 e. The van der Waals surface area contributed by atoms with Crippen molar-refractivity contribution in [3.63, 3.8) is 0 Å². The summed E-state index contributed by atoms with van der Waals surface area (Å²) in [6.45, 7) is 5.30. The monoisotopic (exact) mass is 234 g/mol. The van der Waals surface area contributed by atoms with Crippen molar-refractivity contribution in [2.45, 2.75) is 12.8 Å². The van der Waals surface area contributed by atoms with Gasteiger partial charge in [-0.15, -0.1) is 0 Å². The van der Waals surface area contributed by atoms with Gasteiger partial charge in [0.25, 0.3) is 0 Å². The Morgan fingerprint density at radius 3 is 1.44 bits per heavy atom. The Balaban J connectivity index is 3.69. The highest BCUT2D eigenvalue weighted by Crippen LogP contribution is 2.00. The molecule has 0 heterocycles. The predicted molar refractivity (Wildman–Crippen MR) is 51.6 cm³/mol. The first-order valence-electron chi connectivity index (χ1n) is 4.44. The number of ether oxygens (including phenoxy) is 2. The molecule has 0 aliphatic heterocycles. The molecule has 0 atom stereocenters. The number of carbonyl (C=O) groups is 2. The topological polar surface area (TPSA) is 52.6 Å². The highest BCUT2D eigenvalue weighted by Gasteiger charge is 2.17. The quantitative estimate of drug-likeness (QED) is 0.519. The second-order valence-electron chi connectivity index (χ2n) is 2.81. The molecule has 0 N–H and O–H groups in total. The number of hydrogen-bond donors (Lipinski definition) is 0. The Hall–Kier alpha value is -1.72. The minimum Gasteiger partial charge on any atom is -0.457 e. The van der Waals surface area contributed by atoms with Crippen LogP contribution in [0.4, 0.5) is 8.78 Å². The molecular weight excluding hydrogens is 222 g/mol. The molecule has 90 valence electrons. The second kappa shape index (κ2) is 7.56. The smallest absolute Gasteiger partial charge is 0.417 e. The van der Waals surface area contributed by atoms with Gasteiger partial charge in [-0.1, -0.05) is 13.2 Å². The average Bonchev–Trinajstić information content (AvgIpc) is 2.16. The normalized spacial score (nSPS) is 9.38. The molecule has 0 aliphatic rings. The number of esters is 2. The van der Waals surface area contributed by atoms with Gasteiger partial charge in [0.05, 0.1) is 24.9 Å². The Labute approximate surface area is 91.5 Å². The molecule has 0 bridgehead atoms. The van der Waals surface area contributed by atoms with Gasteiger partial charge in [0.15, 0.2) is 0 Å². The summed E-state index contributed by atoms with van der Waals surface area (Å²) in [4.78, 5) is 21.7. The van der Waals surface area contributed by atoms with E-state index in [1.165, 1.54) is 0 Å². The number of halogens is 2. The van der Waals surface area contributed by atoms with E-state index in [9.17, 15) is 18.4 Å². The fourth-order valence-corrected chi connectivity index (χ4v) is 0.627. The van der Waals surface area contributed by atoms with Gasteiger partial charge in [-0.2, -0.15) is 0 Å². The molecule has 0 amide bonds. The van der Waals surface area contributed by atoms with Crippen LogP contribution in [0.3, 0.4) is 0 Å². The van der Waals surface area contributed by atoms with Crippen LogP contribution in [0.15, 0.2) is 24.8 Å². The maximum atomic E-state index is 12.1. The first kappa shape index (κ1) is 14.3. The molecule has 0 aliphatic carbocycles. The van der Waals surface area contributed by atoms with Crippen molar-refractivity contribution in [3.8, 4) is 0 Å². The molecule has 16 heavy (non-hydrogen) atoms. The Morgan fingerprint density at radius 1 is 0.875 bits per heavy atom. The van der Waals surface area contributed by atoms with Crippen molar-refractivity contribution in [3.05, 3.63) is 24.8 Å². The van der Waals surface area contributed by atoms with E-state index < -0.39 is 23.6 Å². The average molecular weight is 234 g/mol. The second-order valence-corrected chi connectivity index (χ2v) is 2.81. The summed E-state index contributed by atoms with van der Waals surface area (Å²) in [6, 6.07) is 0. The summed E-state index contributed by atoms with van der Waals surface area (Å²) in [6.07, 6.45) is -0.361. The molecule has 0 radical (unpaired) electrons. The first-order chi connectivity index (χ1) is 7.43. The lowest BCUT2D eigenvalue weighted by Gasteiger charge is -2.03. The van der Waals surface area contributed by atoms with E-state index in [0.717, 1.165) is 0 Å². The standard InChI is InChI=1S/C10H12F2O4/c1-7(11)3-5-15-9(13)10(14)16-6-4-8(2)12/h1-6H2. The molecular formula is C10H12F2O4. The van der Waals surface area contributed by atoms with Crippen LogP contribution in [0, 0.1) is 0 Å². The van der Waals surface area contributed by atoms with E-state index in [1.54, 1.807) is 0 Å². The van der Waals surface area contributed by atoms with Gasteiger partial charge in [-0.25, -0.2) is 18.4 Å². The molecule has 0 saturated heterocycles. The van der Waals surface area contributed by atoms with Gasteiger partial charge in [0.2, 0.25) is 0 Å². The lowest BCUT2D eigenvalue weighted by Crippen LogP contribution is -2.21.